The fourth-order valence-electron chi connectivity index (χ4n) is 2.32. The van der Waals surface area contributed by atoms with E-state index in [1.54, 1.807) is 18.5 Å². The molecular weight excluding hydrogens is 250 g/mol. The zero-order valence-electron chi connectivity index (χ0n) is 11.1. The van der Waals surface area contributed by atoms with Crippen molar-refractivity contribution in [2.24, 2.45) is 0 Å². The van der Waals surface area contributed by atoms with E-state index >= 15 is 0 Å². The second kappa shape index (κ2) is 4.90. The molecule has 0 saturated carbocycles. The maximum atomic E-state index is 10.5. The molecule has 1 atom stereocenters. The molecule has 1 aromatic carbocycles. The lowest BCUT2D eigenvalue weighted by molar-refractivity contribution is 0.216. The van der Waals surface area contributed by atoms with Crippen LogP contribution in [-0.4, -0.2) is 15.1 Å². The molecule has 0 aliphatic carbocycles. The van der Waals surface area contributed by atoms with Gasteiger partial charge in [-0.15, -0.1) is 0 Å². The summed E-state index contributed by atoms with van der Waals surface area (Å²) in [6.07, 6.45) is 2.31. The average Bonchev–Trinajstić information content (AvgIpc) is 2.47. The molecule has 2 aromatic heterocycles. The van der Waals surface area contributed by atoms with Crippen LogP contribution in [0.2, 0.25) is 0 Å². The van der Waals surface area contributed by atoms with Crippen LogP contribution in [0.4, 0.5) is 5.69 Å². The van der Waals surface area contributed by atoms with E-state index in [0.717, 1.165) is 16.5 Å². The number of nitrogens with zero attached hydrogens (tertiary/aromatic N) is 2. The molecule has 0 spiro atoms. The summed E-state index contributed by atoms with van der Waals surface area (Å²) in [5.74, 6) is 0. The molecule has 0 aliphatic heterocycles. The minimum absolute atomic E-state index is 0.514. The van der Waals surface area contributed by atoms with Gasteiger partial charge in [0.2, 0.25) is 0 Å². The van der Waals surface area contributed by atoms with Gasteiger partial charge >= 0.3 is 0 Å². The molecule has 0 fully saturated rings. The summed E-state index contributed by atoms with van der Waals surface area (Å²) >= 11 is 0. The minimum Gasteiger partial charge on any atom is -0.398 e. The van der Waals surface area contributed by atoms with E-state index < -0.39 is 6.10 Å². The molecule has 1 unspecified atom stereocenters. The zero-order chi connectivity index (χ0) is 14.1. The molecular formula is C16H15N3O. The van der Waals surface area contributed by atoms with Crippen molar-refractivity contribution in [3.8, 4) is 0 Å². The first kappa shape index (κ1) is 12.6. The zero-order valence-corrected chi connectivity index (χ0v) is 11.1. The van der Waals surface area contributed by atoms with Crippen LogP contribution in [0.5, 0.6) is 0 Å². The summed E-state index contributed by atoms with van der Waals surface area (Å²) in [7, 11) is 0. The molecule has 4 heteroatoms. The minimum atomic E-state index is -0.869. The maximum absolute atomic E-state index is 10.5. The Balaban J connectivity index is 2.13. The van der Waals surface area contributed by atoms with Gasteiger partial charge in [0.1, 0.15) is 6.10 Å². The number of rotatable bonds is 2. The van der Waals surface area contributed by atoms with Crippen molar-refractivity contribution in [1.29, 1.82) is 0 Å². The highest BCUT2D eigenvalue weighted by Gasteiger charge is 2.16. The van der Waals surface area contributed by atoms with Crippen molar-refractivity contribution in [3.63, 3.8) is 0 Å². The van der Waals surface area contributed by atoms with Gasteiger partial charge in [0, 0.05) is 29.0 Å². The van der Waals surface area contributed by atoms with Crippen LogP contribution in [0.1, 0.15) is 22.9 Å². The Labute approximate surface area is 116 Å². The van der Waals surface area contributed by atoms with E-state index in [0.29, 0.717) is 16.9 Å². The number of benzene rings is 1. The summed E-state index contributed by atoms with van der Waals surface area (Å²) in [6, 6.07) is 11.4. The predicted molar refractivity (Wildman–Crippen MR) is 79.2 cm³/mol. The van der Waals surface area contributed by atoms with Gasteiger partial charge in [-0.1, -0.05) is 18.2 Å². The third-order valence-electron chi connectivity index (χ3n) is 3.40. The number of hydrogen-bond donors (Lipinski definition) is 2. The number of nitrogens with two attached hydrogens (primary N) is 1. The predicted octanol–water partition coefficient (Wildman–Crippen LogP) is 2.60. The summed E-state index contributed by atoms with van der Waals surface area (Å²) in [5.41, 5.74) is 9.50. The number of aromatic nitrogens is 2. The van der Waals surface area contributed by atoms with Crippen LogP contribution >= 0.6 is 0 Å². The molecule has 0 radical (unpaired) electrons. The number of aliphatic hydroxyl groups excluding tert-OH is 1. The van der Waals surface area contributed by atoms with Gasteiger partial charge < -0.3 is 10.8 Å². The van der Waals surface area contributed by atoms with Gasteiger partial charge in [0.05, 0.1) is 11.2 Å². The van der Waals surface area contributed by atoms with Crippen molar-refractivity contribution >= 4 is 16.6 Å². The third kappa shape index (κ3) is 2.10. The highest BCUT2D eigenvalue weighted by atomic mass is 16.3. The molecule has 0 aliphatic rings. The van der Waals surface area contributed by atoms with Crippen molar-refractivity contribution in [1.82, 2.24) is 9.97 Å². The van der Waals surface area contributed by atoms with Crippen LogP contribution in [0.25, 0.3) is 10.9 Å². The second-order valence-corrected chi connectivity index (χ2v) is 4.79. The smallest absolute Gasteiger partial charge is 0.124 e. The van der Waals surface area contributed by atoms with Crippen molar-refractivity contribution in [2.45, 2.75) is 13.0 Å². The number of pyridine rings is 2. The Morgan fingerprint density at radius 3 is 2.80 bits per heavy atom. The Hall–Kier alpha value is -2.46. The van der Waals surface area contributed by atoms with Gasteiger partial charge in [-0.2, -0.15) is 0 Å². The number of aryl methyl sites for hydroxylation is 1. The van der Waals surface area contributed by atoms with Crippen LogP contribution in [0, 0.1) is 6.92 Å². The van der Waals surface area contributed by atoms with Gasteiger partial charge in [-0.25, -0.2) is 4.98 Å². The molecule has 20 heavy (non-hydrogen) atoms. The van der Waals surface area contributed by atoms with Crippen molar-refractivity contribution in [3.05, 3.63) is 65.6 Å². The highest BCUT2D eigenvalue weighted by Crippen LogP contribution is 2.27. The first-order chi connectivity index (χ1) is 9.66. The number of anilines is 1. The lowest BCUT2D eigenvalue weighted by Crippen LogP contribution is -2.07. The molecule has 0 bridgehead atoms. The van der Waals surface area contributed by atoms with Gasteiger partial charge in [-0.3, -0.25) is 4.98 Å². The normalized spacial score (nSPS) is 12.5. The quantitative estimate of drug-likeness (QED) is 0.747. The molecule has 0 saturated heterocycles. The SMILES string of the molecule is Cc1cc(C(O)c2cnccc2N)nc2ccccc12. The largest absolute Gasteiger partial charge is 0.398 e. The molecule has 3 aromatic rings. The Bertz CT molecular complexity index is 771. The van der Waals surface area contributed by atoms with E-state index in [1.165, 1.54) is 0 Å². The van der Waals surface area contributed by atoms with E-state index in [4.69, 9.17) is 5.73 Å². The number of hydrogen-bond acceptors (Lipinski definition) is 4. The molecule has 0 amide bonds. The van der Waals surface area contributed by atoms with Crippen molar-refractivity contribution in [2.75, 3.05) is 5.73 Å². The van der Waals surface area contributed by atoms with Gasteiger partial charge in [0.15, 0.2) is 0 Å². The summed E-state index contributed by atoms with van der Waals surface area (Å²) < 4.78 is 0. The average molecular weight is 265 g/mol. The number of aliphatic hydroxyl groups is 1. The van der Waals surface area contributed by atoms with E-state index in [2.05, 4.69) is 9.97 Å². The highest BCUT2D eigenvalue weighted by molar-refractivity contribution is 5.82. The number of nitrogen functional groups attached to an aromatic ring is 1. The summed E-state index contributed by atoms with van der Waals surface area (Å²) in [4.78, 5) is 8.53. The number of fused-ring (bicyclic) bond motifs is 1. The van der Waals surface area contributed by atoms with Crippen LogP contribution in [0.15, 0.2) is 48.8 Å². The lowest BCUT2D eigenvalue weighted by atomic mass is 10.0. The first-order valence-electron chi connectivity index (χ1n) is 6.40. The van der Waals surface area contributed by atoms with Crippen LogP contribution in [-0.2, 0) is 0 Å². The van der Waals surface area contributed by atoms with Gasteiger partial charge in [-0.05, 0) is 30.7 Å². The maximum Gasteiger partial charge on any atom is 0.124 e. The van der Waals surface area contributed by atoms with Gasteiger partial charge in [0.25, 0.3) is 0 Å². The molecule has 100 valence electrons. The molecule has 4 nitrogen and oxygen atoms in total. The fourth-order valence-corrected chi connectivity index (χ4v) is 2.32. The third-order valence-corrected chi connectivity index (χ3v) is 3.40. The Morgan fingerprint density at radius 1 is 1.20 bits per heavy atom. The Morgan fingerprint density at radius 2 is 2.00 bits per heavy atom. The molecule has 3 rings (SSSR count). The van der Waals surface area contributed by atoms with E-state index in [9.17, 15) is 5.11 Å². The van der Waals surface area contributed by atoms with Crippen LogP contribution < -0.4 is 5.73 Å². The fraction of sp³-hybridized carbons (Fsp3) is 0.125. The second-order valence-electron chi connectivity index (χ2n) is 4.79. The molecule has 2 heterocycles. The first-order valence-corrected chi connectivity index (χ1v) is 6.40. The van der Waals surface area contributed by atoms with E-state index in [-0.39, 0.29) is 0 Å². The number of para-hydroxylation sites is 1. The van der Waals surface area contributed by atoms with Crippen molar-refractivity contribution < 1.29 is 5.11 Å². The standard InChI is InChI=1S/C16H15N3O/c1-10-8-15(19-14-5-3-2-4-11(10)14)16(20)12-9-18-7-6-13(12)17/h2-9,16,20H,1H3,(H2,17,18). The summed E-state index contributed by atoms with van der Waals surface area (Å²) in [6.45, 7) is 2.01. The summed E-state index contributed by atoms with van der Waals surface area (Å²) in [5, 5.41) is 11.6. The Kier molecular flexibility index (Phi) is 3.08. The molecule has 3 N–H and O–H groups in total. The van der Waals surface area contributed by atoms with E-state index in [1.807, 2.05) is 37.3 Å². The lowest BCUT2D eigenvalue weighted by Gasteiger charge is -2.14. The topological polar surface area (TPSA) is 72.0 Å². The monoisotopic (exact) mass is 265 g/mol. The van der Waals surface area contributed by atoms with Crippen LogP contribution in [0.3, 0.4) is 0 Å².